The lowest BCUT2D eigenvalue weighted by atomic mass is 9.89. The van der Waals surface area contributed by atoms with Crippen LogP contribution in [0.1, 0.15) is 43.2 Å². The van der Waals surface area contributed by atoms with Crippen molar-refractivity contribution in [3.63, 3.8) is 0 Å². The Kier molecular flexibility index (Phi) is 6.92. The predicted molar refractivity (Wildman–Crippen MR) is 113 cm³/mol. The van der Waals surface area contributed by atoms with E-state index in [9.17, 15) is 9.59 Å². The average Bonchev–Trinajstić information content (AvgIpc) is 3.01. The lowest BCUT2D eigenvalue weighted by Gasteiger charge is -2.28. The van der Waals surface area contributed by atoms with E-state index in [0.717, 1.165) is 24.0 Å². The van der Waals surface area contributed by atoms with Crippen LogP contribution in [0, 0.1) is 5.92 Å². The maximum absolute atomic E-state index is 12.3. The second-order valence-electron chi connectivity index (χ2n) is 7.94. The van der Waals surface area contributed by atoms with Crippen molar-refractivity contribution in [2.45, 2.75) is 57.3 Å². The fourth-order valence-corrected chi connectivity index (χ4v) is 4.43. The molecule has 1 aromatic carbocycles. The molecule has 2 N–H and O–H groups in total. The van der Waals surface area contributed by atoms with E-state index in [-0.39, 0.29) is 23.9 Å². The molecule has 2 fully saturated rings. The number of carbonyl (C=O) groups excluding carboxylic acids is 1. The third kappa shape index (κ3) is 5.24. The Hall–Kier alpha value is -2.11. The van der Waals surface area contributed by atoms with Gasteiger partial charge < -0.3 is 15.2 Å². The molecule has 1 aromatic heterocycles. The number of hydrogen-bond donors (Lipinski definition) is 2. The van der Waals surface area contributed by atoms with E-state index in [2.05, 4.69) is 10.6 Å². The number of nitrogens with zero attached hydrogens (tertiary/aromatic N) is 1. The molecule has 0 spiro atoms. The number of pyridine rings is 1. The number of nitrogens with one attached hydrogen (secondary N) is 2. The highest BCUT2D eigenvalue weighted by molar-refractivity contribution is 5.85. The topological polar surface area (TPSA) is 63.1 Å². The quantitative estimate of drug-likeness (QED) is 0.782. The van der Waals surface area contributed by atoms with Crippen LogP contribution in [0.4, 0.5) is 0 Å². The van der Waals surface area contributed by atoms with Crippen molar-refractivity contribution in [2.75, 3.05) is 0 Å². The summed E-state index contributed by atoms with van der Waals surface area (Å²) in [6.07, 6.45) is 7.25. The van der Waals surface area contributed by atoms with Crippen LogP contribution in [-0.2, 0) is 17.9 Å². The molecule has 6 heteroatoms. The van der Waals surface area contributed by atoms with Gasteiger partial charge in [-0.15, -0.1) is 12.4 Å². The Morgan fingerprint density at radius 2 is 1.71 bits per heavy atom. The molecule has 2 bridgehead atoms. The van der Waals surface area contributed by atoms with Crippen LogP contribution in [0.2, 0.25) is 0 Å². The van der Waals surface area contributed by atoms with Gasteiger partial charge in [0.25, 0.3) is 5.56 Å². The fraction of sp³-hybridized carbons (Fsp3) is 0.455. The van der Waals surface area contributed by atoms with Crippen LogP contribution in [0.5, 0.6) is 0 Å². The lowest BCUT2D eigenvalue weighted by molar-refractivity contribution is -0.122. The largest absolute Gasteiger partial charge is 0.352 e. The number of piperidine rings is 1. The first-order chi connectivity index (χ1) is 13.2. The maximum atomic E-state index is 12.3. The summed E-state index contributed by atoms with van der Waals surface area (Å²) in [7, 11) is 0. The number of aromatic nitrogens is 1. The van der Waals surface area contributed by atoms with Gasteiger partial charge in [-0.25, -0.2) is 0 Å². The van der Waals surface area contributed by atoms with Crippen LogP contribution < -0.4 is 16.2 Å². The minimum absolute atomic E-state index is 0. The minimum Gasteiger partial charge on any atom is -0.352 e. The molecule has 0 saturated carbocycles. The van der Waals surface area contributed by atoms with Crippen molar-refractivity contribution in [1.82, 2.24) is 15.2 Å². The monoisotopic (exact) mass is 401 g/mol. The first-order valence-corrected chi connectivity index (χ1v) is 9.92. The summed E-state index contributed by atoms with van der Waals surface area (Å²) in [5.41, 5.74) is 2.15. The zero-order valence-electron chi connectivity index (χ0n) is 16.0. The van der Waals surface area contributed by atoms with Crippen molar-refractivity contribution in [1.29, 1.82) is 0 Å². The van der Waals surface area contributed by atoms with E-state index in [1.165, 1.54) is 12.8 Å². The molecule has 1 amide bonds. The number of fused-ring (bicyclic) bond motifs is 2. The Morgan fingerprint density at radius 1 is 1.04 bits per heavy atom. The second kappa shape index (κ2) is 9.39. The summed E-state index contributed by atoms with van der Waals surface area (Å²) in [6, 6.07) is 14.5. The fourth-order valence-electron chi connectivity index (χ4n) is 4.43. The molecule has 2 aliphatic rings. The summed E-state index contributed by atoms with van der Waals surface area (Å²) in [6.45, 7) is 1.12. The van der Waals surface area contributed by atoms with Crippen molar-refractivity contribution >= 4 is 18.3 Å². The molecule has 4 rings (SSSR count). The van der Waals surface area contributed by atoms with E-state index in [0.29, 0.717) is 37.5 Å². The van der Waals surface area contributed by atoms with Gasteiger partial charge in [0, 0.05) is 37.3 Å². The molecule has 150 valence electrons. The molecule has 5 nitrogen and oxygen atoms in total. The van der Waals surface area contributed by atoms with Gasteiger partial charge in [0.2, 0.25) is 5.91 Å². The van der Waals surface area contributed by atoms with Crippen molar-refractivity contribution in [2.24, 2.45) is 5.92 Å². The molecule has 2 aliphatic heterocycles. The van der Waals surface area contributed by atoms with Gasteiger partial charge in [0.05, 0.1) is 6.54 Å². The molecule has 3 heterocycles. The third-order valence-electron chi connectivity index (χ3n) is 5.81. The Bertz CT molecular complexity index is 837. The summed E-state index contributed by atoms with van der Waals surface area (Å²) >= 11 is 0. The van der Waals surface area contributed by atoms with E-state index >= 15 is 0 Å². The van der Waals surface area contributed by atoms with E-state index in [4.69, 9.17) is 0 Å². The Balaban J connectivity index is 0.00000225. The predicted octanol–water partition coefficient (Wildman–Crippen LogP) is 2.86. The van der Waals surface area contributed by atoms with Gasteiger partial charge in [-0.3, -0.25) is 9.59 Å². The molecule has 28 heavy (non-hydrogen) atoms. The molecule has 2 saturated heterocycles. The van der Waals surface area contributed by atoms with Crippen LogP contribution in [0.3, 0.4) is 0 Å². The van der Waals surface area contributed by atoms with Crippen LogP contribution in [0.25, 0.3) is 0 Å². The molecular formula is C22H28ClN3O2. The van der Waals surface area contributed by atoms with E-state index in [1.54, 1.807) is 22.9 Å². The first kappa shape index (κ1) is 20.6. The lowest BCUT2D eigenvalue weighted by Crippen LogP contribution is -2.39. The smallest absolute Gasteiger partial charge is 0.250 e. The Morgan fingerprint density at radius 3 is 2.39 bits per heavy atom. The van der Waals surface area contributed by atoms with Gasteiger partial charge in [-0.2, -0.15) is 0 Å². The Labute approximate surface area is 171 Å². The number of amides is 1. The van der Waals surface area contributed by atoms with Crippen molar-refractivity contribution in [3.8, 4) is 0 Å². The number of carbonyl (C=O) groups is 1. The summed E-state index contributed by atoms with van der Waals surface area (Å²) in [4.78, 5) is 24.1. The number of halogens is 1. The normalized spacial score (nSPS) is 23.1. The number of hydrogen-bond acceptors (Lipinski definition) is 3. The molecule has 2 atom stereocenters. The van der Waals surface area contributed by atoms with Crippen molar-refractivity contribution < 1.29 is 4.79 Å². The highest BCUT2D eigenvalue weighted by Crippen LogP contribution is 2.32. The molecule has 2 aromatic rings. The zero-order valence-corrected chi connectivity index (χ0v) is 16.8. The maximum Gasteiger partial charge on any atom is 0.250 e. The first-order valence-electron chi connectivity index (χ1n) is 9.92. The van der Waals surface area contributed by atoms with Crippen molar-refractivity contribution in [3.05, 3.63) is 70.1 Å². The number of benzene rings is 1. The van der Waals surface area contributed by atoms with Gasteiger partial charge in [0.15, 0.2) is 0 Å². The number of rotatable bonds is 6. The standard InChI is InChI=1S/C22H27N3O2.ClH/c26-21(13-18-11-19-8-9-20(12-18)24-19)23-14-16-4-6-17(7-5-16)15-25-10-2-1-3-22(25)27;/h1-7,10,18-20,24H,8-9,11-15H2,(H,23,26);1H. The summed E-state index contributed by atoms with van der Waals surface area (Å²) < 4.78 is 1.68. The highest BCUT2D eigenvalue weighted by Gasteiger charge is 2.34. The van der Waals surface area contributed by atoms with E-state index in [1.807, 2.05) is 30.3 Å². The molecular weight excluding hydrogens is 374 g/mol. The summed E-state index contributed by atoms with van der Waals surface area (Å²) in [5.74, 6) is 0.677. The van der Waals surface area contributed by atoms with Gasteiger partial charge in [0.1, 0.15) is 0 Å². The van der Waals surface area contributed by atoms with Crippen LogP contribution >= 0.6 is 12.4 Å². The van der Waals surface area contributed by atoms with E-state index < -0.39 is 0 Å². The minimum atomic E-state index is 0. The average molecular weight is 402 g/mol. The van der Waals surface area contributed by atoms with Gasteiger partial charge in [-0.1, -0.05) is 30.3 Å². The molecule has 0 radical (unpaired) electrons. The van der Waals surface area contributed by atoms with Gasteiger partial charge >= 0.3 is 0 Å². The highest BCUT2D eigenvalue weighted by atomic mass is 35.5. The second-order valence-corrected chi connectivity index (χ2v) is 7.94. The summed E-state index contributed by atoms with van der Waals surface area (Å²) in [5, 5.41) is 6.68. The van der Waals surface area contributed by atoms with Crippen LogP contribution in [-0.4, -0.2) is 22.6 Å². The van der Waals surface area contributed by atoms with Gasteiger partial charge in [-0.05, 0) is 48.8 Å². The SMILES string of the molecule is Cl.O=C(CC1CC2CCC(C1)N2)NCc1ccc(Cn2ccccc2=O)cc1. The molecule has 2 unspecified atom stereocenters. The van der Waals surface area contributed by atoms with Crippen LogP contribution in [0.15, 0.2) is 53.5 Å². The molecule has 0 aliphatic carbocycles. The third-order valence-corrected chi connectivity index (χ3v) is 5.81. The zero-order chi connectivity index (χ0) is 18.6.